The Morgan fingerprint density at radius 1 is 1.00 bits per heavy atom. The fourth-order valence-corrected chi connectivity index (χ4v) is 3.18. The van der Waals surface area contributed by atoms with Gasteiger partial charge >= 0.3 is 5.97 Å². The number of anilines is 1. The molecular formula is C20H28N4O4. The molecule has 0 atom stereocenters. The summed E-state index contributed by atoms with van der Waals surface area (Å²) in [4.78, 5) is 40.5. The molecule has 1 saturated heterocycles. The fraction of sp³-hybridized carbons (Fsp3) is 0.550. The van der Waals surface area contributed by atoms with Gasteiger partial charge in [0, 0.05) is 32.2 Å². The lowest BCUT2D eigenvalue weighted by atomic mass is 10.2. The van der Waals surface area contributed by atoms with Crippen LogP contribution < -0.4 is 10.6 Å². The van der Waals surface area contributed by atoms with Crippen LogP contribution in [0.1, 0.15) is 30.1 Å². The molecule has 2 amide bonds. The molecule has 0 aromatic heterocycles. The third-order valence-corrected chi connectivity index (χ3v) is 4.84. The first-order valence-corrected chi connectivity index (χ1v) is 9.85. The van der Waals surface area contributed by atoms with Gasteiger partial charge in [0.15, 0.2) is 0 Å². The molecule has 1 aliphatic heterocycles. The Kier molecular flexibility index (Phi) is 7.00. The molecule has 2 fully saturated rings. The lowest BCUT2D eigenvalue weighted by molar-refractivity contribution is -0.123. The quantitative estimate of drug-likeness (QED) is 0.637. The molecule has 8 nitrogen and oxygen atoms in total. The van der Waals surface area contributed by atoms with Crippen molar-refractivity contribution in [2.75, 3.05) is 51.2 Å². The SMILES string of the molecule is CCOC(=O)c1ccccc1NC(=O)CN1CCN(CC(=O)NC2CC2)CC1. The van der Waals surface area contributed by atoms with E-state index >= 15 is 0 Å². The molecule has 0 spiro atoms. The maximum Gasteiger partial charge on any atom is 0.340 e. The van der Waals surface area contributed by atoms with Gasteiger partial charge in [0.1, 0.15) is 0 Å². The number of amides is 2. The number of nitrogens with one attached hydrogen (secondary N) is 2. The third kappa shape index (κ3) is 6.03. The number of ether oxygens (including phenoxy) is 1. The van der Waals surface area contributed by atoms with E-state index in [9.17, 15) is 14.4 Å². The summed E-state index contributed by atoms with van der Waals surface area (Å²) < 4.78 is 5.03. The second-order valence-corrected chi connectivity index (χ2v) is 7.21. The van der Waals surface area contributed by atoms with Crippen LogP contribution in [0.25, 0.3) is 0 Å². The highest BCUT2D eigenvalue weighted by atomic mass is 16.5. The van der Waals surface area contributed by atoms with Crippen LogP contribution in [0.15, 0.2) is 24.3 Å². The summed E-state index contributed by atoms with van der Waals surface area (Å²) in [6.07, 6.45) is 2.18. The summed E-state index contributed by atoms with van der Waals surface area (Å²) in [5.41, 5.74) is 0.811. The smallest absolute Gasteiger partial charge is 0.340 e. The van der Waals surface area contributed by atoms with Crippen LogP contribution in [0.5, 0.6) is 0 Å². The third-order valence-electron chi connectivity index (χ3n) is 4.84. The van der Waals surface area contributed by atoms with Crippen molar-refractivity contribution < 1.29 is 19.1 Å². The summed E-state index contributed by atoms with van der Waals surface area (Å²) in [5, 5.41) is 5.81. The summed E-state index contributed by atoms with van der Waals surface area (Å²) in [6, 6.07) is 7.22. The first-order chi connectivity index (χ1) is 13.5. The molecular weight excluding hydrogens is 360 g/mol. The molecule has 0 radical (unpaired) electrons. The summed E-state index contributed by atoms with van der Waals surface area (Å²) >= 11 is 0. The zero-order chi connectivity index (χ0) is 19.9. The Bertz CT molecular complexity index is 712. The summed E-state index contributed by atoms with van der Waals surface area (Å²) in [6.45, 7) is 5.66. The van der Waals surface area contributed by atoms with E-state index in [0.29, 0.717) is 23.8 Å². The predicted octanol–water partition coefficient (Wildman–Crippen LogP) is 0.698. The normalized spacial score (nSPS) is 17.8. The van der Waals surface area contributed by atoms with Gasteiger partial charge in [0.2, 0.25) is 11.8 Å². The van der Waals surface area contributed by atoms with Crippen LogP contribution in [-0.2, 0) is 14.3 Å². The number of carbonyl (C=O) groups excluding carboxylic acids is 3. The topological polar surface area (TPSA) is 91.0 Å². The minimum atomic E-state index is -0.448. The van der Waals surface area contributed by atoms with Crippen molar-refractivity contribution in [3.63, 3.8) is 0 Å². The van der Waals surface area contributed by atoms with Crippen LogP contribution in [0.2, 0.25) is 0 Å². The number of hydrogen-bond acceptors (Lipinski definition) is 6. The van der Waals surface area contributed by atoms with Gasteiger partial charge in [0.25, 0.3) is 0 Å². The lowest BCUT2D eigenvalue weighted by Crippen LogP contribution is -2.51. The number of para-hydroxylation sites is 1. The Morgan fingerprint density at radius 3 is 2.21 bits per heavy atom. The lowest BCUT2D eigenvalue weighted by Gasteiger charge is -2.33. The number of rotatable bonds is 8. The Labute approximate surface area is 165 Å². The summed E-state index contributed by atoms with van der Waals surface area (Å²) in [7, 11) is 0. The maximum atomic E-state index is 12.4. The molecule has 8 heteroatoms. The van der Waals surface area contributed by atoms with Gasteiger partial charge in [-0.2, -0.15) is 0 Å². The van der Waals surface area contributed by atoms with E-state index in [4.69, 9.17) is 4.74 Å². The van der Waals surface area contributed by atoms with Crippen molar-refractivity contribution in [1.82, 2.24) is 15.1 Å². The Morgan fingerprint density at radius 2 is 1.61 bits per heavy atom. The number of carbonyl (C=O) groups is 3. The van der Waals surface area contributed by atoms with Crippen molar-refractivity contribution in [1.29, 1.82) is 0 Å². The second-order valence-electron chi connectivity index (χ2n) is 7.21. The van der Waals surface area contributed by atoms with Crippen LogP contribution in [0.3, 0.4) is 0 Å². The molecule has 1 aromatic rings. The first-order valence-electron chi connectivity index (χ1n) is 9.85. The standard InChI is InChI=1S/C20H28N4O4/c1-2-28-20(27)16-5-3-4-6-17(16)22-19(26)14-24-11-9-23(10-12-24)13-18(25)21-15-7-8-15/h3-6,15H,2,7-14H2,1H3,(H,21,25)(H,22,26). The molecule has 2 N–H and O–H groups in total. The largest absolute Gasteiger partial charge is 0.462 e. The molecule has 0 unspecified atom stereocenters. The zero-order valence-corrected chi connectivity index (χ0v) is 16.3. The average Bonchev–Trinajstić information content (AvgIpc) is 3.48. The minimum Gasteiger partial charge on any atom is -0.462 e. The molecule has 1 heterocycles. The van der Waals surface area contributed by atoms with E-state index in [1.165, 1.54) is 0 Å². The molecule has 0 bridgehead atoms. The molecule has 1 aliphatic carbocycles. The van der Waals surface area contributed by atoms with Crippen molar-refractivity contribution in [3.05, 3.63) is 29.8 Å². The highest BCUT2D eigenvalue weighted by Gasteiger charge is 2.25. The van der Waals surface area contributed by atoms with E-state index in [1.807, 2.05) is 0 Å². The van der Waals surface area contributed by atoms with E-state index in [-0.39, 0.29) is 25.0 Å². The van der Waals surface area contributed by atoms with Crippen LogP contribution in [0, 0.1) is 0 Å². The van der Waals surface area contributed by atoms with Crippen LogP contribution in [0.4, 0.5) is 5.69 Å². The summed E-state index contributed by atoms with van der Waals surface area (Å²) in [5.74, 6) is -0.530. The van der Waals surface area contributed by atoms with E-state index in [0.717, 1.165) is 39.0 Å². The van der Waals surface area contributed by atoms with Crippen LogP contribution >= 0.6 is 0 Å². The van der Waals surface area contributed by atoms with Crippen molar-refractivity contribution >= 4 is 23.5 Å². The fourth-order valence-electron chi connectivity index (χ4n) is 3.18. The number of nitrogens with zero attached hydrogens (tertiary/aromatic N) is 2. The van der Waals surface area contributed by atoms with Gasteiger partial charge in [-0.15, -0.1) is 0 Å². The average molecular weight is 388 g/mol. The number of hydrogen-bond donors (Lipinski definition) is 2. The minimum absolute atomic E-state index is 0.0873. The van der Waals surface area contributed by atoms with Crippen molar-refractivity contribution in [2.24, 2.45) is 0 Å². The van der Waals surface area contributed by atoms with Gasteiger partial charge in [-0.25, -0.2) is 4.79 Å². The molecule has 1 saturated carbocycles. The van der Waals surface area contributed by atoms with E-state index in [1.54, 1.807) is 31.2 Å². The van der Waals surface area contributed by atoms with Gasteiger partial charge in [-0.3, -0.25) is 19.4 Å². The van der Waals surface area contributed by atoms with Gasteiger partial charge < -0.3 is 15.4 Å². The first kappa shape index (κ1) is 20.3. The molecule has 28 heavy (non-hydrogen) atoms. The van der Waals surface area contributed by atoms with Crippen molar-refractivity contribution in [3.8, 4) is 0 Å². The number of esters is 1. The van der Waals surface area contributed by atoms with Crippen molar-refractivity contribution in [2.45, 2.75) is 25.8 Å². The van der Waals surface area contributed by atoms with E-state index in [2.05, 4.69) is 20.4 Å². The highest BCUT2D eigenvalue weighted by Crippen LogP contribution is 2.18. The number of benzene rings is 1. The Hall–Kier alpha value is -2.45. The zero-order valence-electron chi connectivity index (χ0n) is 16.3. The van der Waals surface area contributed by atoms with Crippen LogP contribution in [-0.4, -0.2) is 79.5 Å². The predicted molar refractivity (Wildman–Crippen MR) is 105 cm³/mol. The maximum absolute atomic E-state index is 12.4. The van der Waals surface area contributed by atoms with Gasteiger partial charge in [-0.05, 0) is 31.9 Å². The van der Waals surface area contributed by atoms with Gasteiger partial charge in [0.05, 0.1) is 30.9 Å². The molecule has 152 valence electrons. The highest BCUT2D eigenvalue weighted by molar-refractivity contribution is 6.01. The molecule has 1 aromatic carbocycles. The molecule has 3 rings (SSSR count). The monoisotopic (exact) mass is 388 g/mol. The van der Waals surface area contributed by atoms with Gasteiger partial charge in [-0.1, -0.05) is 12.1 Å². The Balaban J connectivity index is 1.43. The molecule has 2 aliphatic rings. The number of piperazine rings is 1. The van der Waals surface area contributed by atoms with E-state index < -0.39 is 5.97 Å². The second kappa shape index (κ2) is 9.66.